The monoisotopic (exact) mass is 351 g/mol. The Bertz CT molecular complexity index is 905. The number of para-hydroxylation sites is 1. The van der Waals surface area contributed by atoms with Crippen LogP contribution >= 0.6 is 0 Å². The van der Waals surface area contributed by atoms with E-state index in [-0.39, 0.29) is 40.7 Å². The van der Waals surface area contributed by atoms with Gasteiger partial charge in [0.25, 0.3) is 5.69 Å². The quantitative estimate of drug-likeness (QED) is 0.463. The van der Waals surface area contributed by atoms with Crippen molar-refractivity contribution in [3.63, 3.8) is 0 Å². The molecule has 24 heavy (non-hydrogen) atoms. The second-order valence-electron chi connectivity index (χ2n) is 5.07. The zero-order valence-electron chi connectivity index (χ0n) is 12.1. The maximum Gasteiger partial charge on any atom is 0.309 e. The number of nitrogens with one attached hydrogen (secondary N) is 1. The number of carboxylic acid groups (broad SMARTS) is 1. The Kier molecular flexibility index (Phi) is 4.03. The van der Waals surface area contributed by atoms with E-state index in [2.05, 4.69) is 9.97 Å². The molecule has 0 saturated heterocycles. The number of nitro groups is 1. The van der Waals surface area contributed by atoms with Crippen LogP contribution in [0.3, 0.4) is 0 Å². The Hall–Kier alpha value is -2.79. The van der Waals surface area contributed by atoms with E-state index >= 15 is 0 Å². The molecule has 1 aliphatic rings. The molecule has 0 amide bonds. The van der Waals surface area contributed by atoms with E-state index in [9.17, 15) is 23.7 Å². The molecule has 11 heteroatoms. The SMILES string of the molecule is O=C(O)CC1=C(S(=O)[O-])CCN1c1nc2c([N+](=O)[O-])cccc2[nH]1. The van der Waals surface area contributed by atoms with Gasteiger partial charge in [-0.05, 0) is 23.6 Å². The summed E-state index contributed by atoms with van der Waals surface area (Å²) in [6.07, 6.45) is -0.333. The van der Waals surface area contributed by atoms with E-state index in [0.717, 1.165) is 0 Å². The largest absolute Gasteiger partial charge is 0.769 e. The number of H-pyrrole nitrogens is 1. The van der Waals surface area contributed by atoms with Crippen LogP contribution < -0.4 is 4.90 Å². The van der Waals surface area contributed by atoms with Gasteiger partial charge in [0.2, 0.25) is 5.95 Å². The zero-order chi connectivity index (χ0) is 17.4. The summed E-state index contributed by atoms with van der Waals surface area (Å²) in [5.41, 5.74) is 0.456. The molecule has 0 spiro atoms. The third-order valence-electron chi connectivity index (χ3n) is 3.66. The summed E-state index contributed by atoms with van der Waals surface area (Å²) in [6, 6.07) is 4.41. The Morgan fingerprint density at radius 2 is 2.25 bits per heavy atom. The lowest BCUT2D eigenvalue weighted by molar-refractivity contribution is -0.383. The van der Waals surface area contributed by atoms with Crippen molar-refractivity contribution >= 4 is 39.7 Å². The number of nitro benzene ring substituents is 1. The normalized spacial score (nSPS) is 16.0. The summed E-state index contributed by atoms with van der Waals surface area (Å²) < 4.78 is 22.6. The van der Waals surface area contributed by atoms with Crippen LogP contribution in [0.25, 0.3) is 11.0 Å². The van der Waals surface area contributed by atoms with Crippen LogP contribution in [0, 0.1) is 10.1 Å². The van der Waals surface area contributed by atoms with Gasteiger partial charge in [-0.1, -0.05) is 6.07 Å². The number of fused-ring (bicyclic) bond motifs is 1. The molecule has 10 nitrogen and oxygen atoms in total. The van der Waals surface area contributed by atoms with Crippen molar-refractivity contribution in [2.75, 3.05) is 11.4 Å². The molecular formula is C13H11N4O6S-. The average Bonchev–Trinajstić information content (AvgIpc) is 3.09. The van der Waals surface area contributed by atoms with E-state index in [1.54, 1.807) is 6.07 Å². The fraction of sp³-hybridized carbons (Fsp3) is 0.231. The highest BCUT2D eigenvalue weighted by atomic mass is 32.2. The van der Waals surface area contributed by atoms with Gasteiger partial charge >= 0.3 is 5.97 Å². The number of hydrogen-bond donors (Lipinski definition) is 2. The predicted octanol–water partition coefficient (Wildman–Crippen LogP) is 1.25. The van der Waals surface area contributed by atoms with Gasteiger partial charge in [0.05, 0.1) is 16.9 Å². The topological polar surface area (TPSA) is 152 Å². The van der Waals surface area contributed by atoms with Crippen molar-refractivity contribution in [1.29, 1.82) is 0 Å². The minimum absolute atomic E-state index is 0.00681. The number of hydrogen-bond acceptors (Lipinski definition) is 7. The second-order valence-corrected chi connectivity index (χ2v) is 6.03. The number of rotatable bonds is 5. The van der Waals surface area contributed by atoms with Crippen molar-refractivity contribution in [2.24, 2.45) is 0 Å². The number of imidazole rings is 1. The van der Waals surface area contributed by atoms with Crippen molar-refractivity contribution in [3.8, 4) is 0 Å². The molecule has 0 aliphatic carbocycles. The summed E-state index contributed by atoms with van der Waals surface area (Å²) in [5.74, 6) is -1.00. The molecule has 1 atom stereocenters. The molecule has 0 saturated carbocycles. The van der Waals surface area contributed by atoms with Crippen molar-refractivity contribution < 1.29 is 23.6 Å². The molecule has 3 rings (SSSR count). The number of benzene rings is 1. The first-order valence-corrected chi connectivity index (χ1v) is 7.89. The van der Waals surface area contributed by atoms with Gasteiger partial charge in [0.1, 0.15) is 0 Å². The number of anilines is 1. The summed E-state index contributed by atoms with van der Waals surface area (Å²) >= 11 is -2.54. The van der Waals surface area contributed by atoms with Crippen LogP contribution in [0.1, 0.15) is 12.8 Å². The van der Waals surface area contributed by atoms with E-state index in [1.165, 1.54) is 17.0 Å². The second kappa shape index (κ2) is 6.02. The van der Waals surface area contributed by atoms with E-state index in [4.69, 9.17) is 5.11 Å². The lowest BCUT2D eigenvalue weighted by Crippen LogP contribution is -2.22. The molecule has 1 aliphatic heterocycles. The molecule has 1 unspecified atom stereocenters. The van der Waals surface area contributed by atoms with Gasteiger partial charge in [0.15, 0.2) is 5.52 Å². The Morgan fingerprint density at radius 3 is 2.88 bits per heavy atom. The van der Waals surface area contributed by atoms with Gasteiger partial charge in [-0.3, -0.25) is 19.1 Å². The smallest absolute Gasteiger partial charge is 0.309 e. The minimum Gasteiger partial charge on any atom is -0.769 e. The maximum absolute atomic E-state index is 11.3. The molecular weight excluding hydrogens is 340 g/mol. The molecule has 126 valence electrons. The molecule has 0 bridgehead atoms. The van der Waals surface area contributed by atoms with Crippen molar-refractivity contribution in [1.82, 2.24) is 9.97 Å². The fourth-order valence-electron chi connectivity index (χ4n) is 2.67. The Balaban J connectivity index is 2.09. The molecule has 0 radical (unpaired) electrons. The van der Waals surface area contributed by atoms with E-state index in [1.807, 2.05) is 0 Å². The van der Waals surface area contributed by atoms with E-state index < -0.39 is 28.4 Å². The van der Waals surface area contributed by atoms with Crippen LogP contribution in [0.4, 0.5) is 11.6 Å². The molecule has 1 aromatic carbocycles. The molecule has 1 aromatic heterocycles. The highest BCUT2D eigenvalue weighted by Gasteiger charge is 2.29. The number of nitrogens with zero attached hydrogens (tertiary/aromatic N) is 3. The van der Waals surface area contributed by atoms with Crippen LogP contribution in [-0.2, 0) is 15.9 Å². The fourth-order valence-corrected chi connectivity index (χ4v) is 3.31. The highest BCUT2D eigenvalue weighted by molar-refractivity contribution is 7.83. The minimum atomic E-state index is -2.54. The summed E-state index contributed by atoms with van der Waals surface area (Å²) in [5, 5.41) is 20.1. The van der Waals surface area contributed by atoms with Gasteiger partial charge in [-0.15, -0.1) is 0 Å². The maximum atomic E-state index is 11.3. The van der Waals surface area contributed by atoms with Crippen molar-refractivity contribution in [2.45, 2.75) is 12.8 Å². The Morgan fingerprint density at radius 1 is 1.50 bits per heavy atom. The first-order valence-electron chi connectivity index (χ1n) is 6.82. The Labute approximate surface area is 137 Å². The summed E-state index contributed by atoms with van der Waals surface area (Å²) in [6.45, 7) is 0.222. The molecule has 0 fully saturated rings. The van der Waals surface area contributed by atoms with Gasteiger partial charge in [0, 0.05) is 23.2 Å². The van der Waals surface area contributed by atoms with Gasteiger partial charge in [-0.2, -0.15) is 0 Å². The lowest BCUT2D eigenvalue weighted by Gasteiger charge is -2.18. The van der Waals surface area contributed by atoms with Crippen LogP contribution in [-0.4, -0.2) is 41.3 Å². The highest BCUT2D eigenvalue weighted by Crippen LogP contribution is 2.33. The first-order chi connectivity index (χ1) is 11.4. The van der Waals surface area contributed by atoms with Crippen LogP contribution in [0.5, 0.6) is 0 Å². The molecule has 2 heterocycles. The van der Waals surface area contributed by atoms with Gasteiger partial charge < -0.3 is 19.5 Å². The third-order valence-corrected chi connectivity index (χ3v) is 4.50. The molecule has 2 aromatic rings. The standard InChI is InChI=1S/C13H12N4O6S/c18-11(19)6-9-10(24(22)23)4-5-16(9)13-14-7-2-1-3-8(17(20)21)12(7)15-13/h1-3H,4-6H2,(H,14,15)(H,18,19)(H,22,23)/p-1. The summed E-state index contributed by atoms with van der Waals surface area (Å²) in [4.78, 5) is 30.0. The van der Waals surface area contributed by atoms with Crippen molar-refractivity contribution in [3.05, 3.63) is 38.9 Å². The number of carbonyl (C=O) groups is 1. The summed E-state index contributed by atoms with van der Waals surface area (Å²) in [7, 11) is 0. The number of aromatic nitrogens is 2. The molecule has 2 N–H and O–H groups in total. The zero-order valence-corrected chi connectivity index (χ0v) is 12.9. The number of aliphatic carboxylic acids is 1. The predicted molar refractivity (Wildman–Crippen MR) is 82.9 cm³/mol. The number of aromatic amines is 1. The first kappa shape index (κ1) is 16.1. The van der Waals surface area contributed by atoms with Crippen LogP contribution in [0.15, 0.2) is 28.8 Å². The number of non-ortho nitro benzene ring substituents is 1. The average molecular weight is 351 g/mol. The third kappa shape index (κ3) is 2.74. The van der Waals surface area contributed by atoms with Gasteiger partial charge in [-0.25, -0.2) is 4.98 Å². The lowest BCUT2D eigenvalue weighted by atomic mass is 10.3. The van der Waals surface area contributed by atoms with E-state index in [0.29, 0.717) is 5.52 Å². The van der Waals surface area contributed by atoms with Crippen LogP contribution in [0.2, 0.25) is 0 Å². The number of carboxylic acids is 1.